The lowest BCUT2D eigenvalue weighted by Crippen LogP contribution is -2.34. The monoisotopic (exact) mass is 286 g/mol. The normalized spacial score (nSPS) is 18.4. The lowest BCUT2D eigenvalue weighted by molar-refractivity contribution is -0.137. The Balaban J connectivity index is 1.74. The van der Waals surface area contributed by atoms with Crippen molar-refractivity contribution in [3.8, 4) is 0 Å². The molecule has 112 valence electrons. The van der Waals surface area contributed by atoms with Gasteiger partial charge in [0.25, 0.3) is 0 Å². The first-order valence-corrected chi connectivity index (χ1v) is 7.00. The predicted octanol–water partition coefficient (Wildman–Crippen LogP) is 3.14. The van der Waals surface area contributed by atoms with E-state index in [1.165, 1.54) is 12.8 Å². The summed E-state index contributed by atoms with van der Waals surface area (Å²) in [6.45, 7) is 3.83. The van der Waals surface area contributed by atoms with Gasteiger partial charge in [-0.15, -0.1) is 0 Å². The minimum atomic E-state index is -4.25. The third kappa shape index (κ3) is 4.49. The van der Waals surface area contributed by atoms with Crippen molar-refractivity contribution < 1.29 is 13.2 Å². The fourth-order valence-corrected chi connectivity index (χ4v) is 2.50. The molecule has 5 heteroatoms. The molecule has 1 aliphatic heterocycles. The number of halogens is 3. The van der Waals surface area contributed by atoms with E-state index in [2.05, 4.69) is 17.3 Å². The fraction of sp³-hybridized carbons (Fsp3) is 0.600. The molecule has 1 aliphatic rings. The number of piperidine rings is 1. The van der Waals surface area contributed by atoms with Crippen LogP contribution in [0.15, 0.2) is 24.3 Å². The Morgan fingerprint density at radius 3 is 2.30 bits per heavy atom. The Hall–Kier alpha value is -1.07. The highest BCUT2D eigenvalue weighted by atomic mass is 19.4. The smallest absolute Gasteiger partial charge is 0.312 e. The molecule has 0 spiro atoms. The standard InChI is InChI=1S/C15H21F3N2/c1-20-8-6-13(7-9-20)11-19-10-12-2-4-14(5-3-12)15(16,17)18/h2-5,13,19H,6-11H2,1H3. The van der Waals surface area contributed by atoms with Gasteiger partial charge < -0.3 is 10.2 Å². The molecule has 1 aromatic rings. The molecule has 2 nitrogen and oxygen atoms in total. The second-order valence-electron chi connectivity index (χ2n) is 5.57. The van der Waals surface area contributed by atoms with Gasteiger partial charge in [0.1, 0.15) is 0 Å². The average Bonchev–Trinajstić information content (AvgIpc) is 2.41. The first-order valence-electron chi connectivity index (χ1n) is 7.00. The van der Waals surface area contributed by atoms with E-state index in [1.807, 2.05) is 0 Å². The lowest BCUT2D eigenvalue weighted by atomic mass is 9.97. The van der Waals surface area contributed by atoms with Crippen LogP contribution in [0.1, 0.15) is 24.0 Å². The quantitative estimate of drug-likeness (QED) is 0.915. The lowest BCUT2D eigenvalue weighted by Gasteiger charge is -2.29. The molecule has 0 unspecified atom stereocenters. The van der Waals surface area contributed by atoms with Gasteiger partial charge in [0.2, 0.25) is 0 Å². The van der Waals surface area contributed by atoms with Gasteiger partial charge >= 0.3 is 6.18 Å². The van der Waals surface area contributed by atoms with Crippen LogP contribution in [0.25, 0.3) is 0 Å². The van der Waals surface area contributed by atoms with Gasteiger partial charge in [0, 0.05) is 6.54 Å². The van der Waals surface area contributed by atoms with E-state index in [1.54, 1.807) is 12.1 Å². The average molecular weight is 286 g/mol. The number of nitrogens with zero attached hydrogens (tertiary/aromatic N) is 1. The van der Waals surface area contributed by atoms with Crippen LogP contribution >= 0.6 is 0 Å². The molecule has 0 bridgehead atoms. The number of benzene rings is 1. The van der Waals surface area contributed by atoms with Gasteiger partial charge in [-0.2, -0.15) is 13.2 Å². The second kappa shape index (κ2) is 6.59. The molecule has 0 aromatic heterocycles. The minimum Gasteiger partial charge on any atom is -0.312 e. The summed E-state index contributed by atoms with van der Waals surface area (Å²) in [7, 11) is 2.13. The Kier molecular flexibility index (Phi) is 5.05. The molecule has 1 fully saturated rings. The summed E-state index contributed by atoms with van der Waals surface area (Å²) in [6.07, 6.45) is -1.87. The van der Waals surface area contributed by atoms with Crippen LogP contribution in [0.4, 0.5) is 13.2 Å². The summed E-state index contributed by atoms with van der Waals surface area (Å²) in [5, 5.41) is 3.34. The maximum Gasteiger partial charge on any atom is 0.416 e. The van der Waals surface area contributed by atoms with Crippen LogP contribution < -0.4 is 5.32 Å². The molecule has 0 radical (unpaired) electrons. The topological polar surface area (TPSA) is 15.3 Å². The van der Waals surface area contributed by atoms with E-state index in [4.69, 9.17) is 0 Å². The molecule has 1 aromatic carbocycles. The summed E-state index contributed by atoms with van der Waals surface area (Å²) in [4.78, 5) is 2.33. The molecule has 0 saturated carbocycles. The van der Waals surface area contributed by atoms with Crippen LogP contribution in [0.5, 0.6) is 0 Å². The molecule has 0 atom stereocenters. The van der Waals surface area contributed by atoms with Gasteiger partial charge in [-0.25, -0.2) is 0 Å². The molecule has 1 saturated heterocycles. The van der Waals surface area contributed by atoms with Gasteiger partial charge in [0.05, 0.1) is 5.56 Å². The van der Waals surface area contributed by atoms with Crippen molar-refractivity contribution in [3.05, 3.63) is 35.4 Å². The first-order chi connectivity index (χ1) is 9.45. The number of hydrogen-bond acceptors (Lipinski definition) is 2. The van der Waals surface area contributed by atoms with Crippen LogP contribution in [0.3, 0.4) is 0 Å². The van der Waals surface area contributed by atoms with E-state index in [-0.39, 0.29) is 0 Å². The van der Waals surface area contributed by atoms with E-state index in [0.717, 1.165) is 37.3 Å². The van der Waals surface area contributed by atoms with E-state index < -0.39 is 11.7 Å². The van der Waals surface area contributed by atoms with Gasteiger partial charge in [-0.05, 0) is 63.1 Å². The number of alkyl halides is 3. The van der Waals surface area contributed by atoms with E-state index in [9.17, 15) is 13.2 Å². The SMILES string of the molecule is CN1CCC(CNCc2ccc(C(F)(F)F)cc2)CC1. The summed E-state index contributed by atoms with van der Waals surface area (Å²) in [6, 6.07) is 5.38. The van der Waals surface area contributed by atoms with Crippen LogP contribution in [0.2, 0.25) is 0 Å². The third-order valence-electron chi connectivity index (χ3n) is 3.88. The molecule has 0 amide bonds. The Labute approximate surface area is 118 Å². The number of nitrogens with one attached hydrogen (secondary N) is 1. The minimum absolute atomic E-state index is 0.587. The van der Waals surface area contributed by atoms with Crippen LogP contribution in [-0.2, 0) is 12.7 Å². The molecular weight excluding hydrogens is 265 g/mol. The predicted molar refractivity (Wildman–Crippen MR) is 73.4 cm³/mol. The van der Waals surface area contributed by atoms with E-state index >= 15 is 0 Å². The number of likely N-dealkylation sites (tertiary alicyclic amines) is 1. The van der Waals surface area contributed by atoms with Crippen molar-refractivity contribution in [2.24, 2.45) is 5.92 Å². The molecule has 20 heavy (non-hydrogen) atoms. The largest absolute Gasteiger partial charge is 0.416 e. The van der Waals surface area contributed by atoms with Crippen molar-refractivity contribution in [2.45, 2.75) is 25.6 Å². The summed E-state index contributed by atoms with van der Waals surface area (Å²) in [5.74, 6) is 0.681. The Morgan fingerprint density at radius 1 is 1.15 bits per heavy atom. The van der Waals surface area contributed by atoms with E-state index in [0.29, 0.717) is 12.5 Å². The highest BCUT2D eigenvalue weighted by Crippen LogP contribution is 2.29. The van der Waals surface area contributed by atoms with Gasteiger partial charge in [-0.1, -0.05) is 12.1 Å². The zero-order chi connectivity index (χ0) is 14.6. The molecule has 1 heterocycles. The maximum atomic E-state index is 12.4. The van der Waals surface area contributed by atoms with Crippen molar-refractivity contribution >= 4 is 0 Å². The molecule has 1 N–H and O–H groups in total. The van der Waals surface area contributed by atoms with Crippen molar-refractivity contribution in [1.82, 2.24) is 10.2 Å². The van der Waals surface area contributed by atoms with Crippen molar-refractivity contribution in [2.75, 3.05) is 26.7 Å². The van der Waals surface area contributed by atoms with Crippen LogP contribution in [0, 0.1) is 5.92 Å². The fourth-order valence-electron chi connectivity index (χ4n) is 2.50. The molecule has 0 aliphatic carbocycles. The zero-order valence-corrected chi connectivity index (χ0v) is 11.7. The summed E-state index contributed by atoms with van der Waals surface area (Å²) >= 11 is 0. The summed E-state index contributed by atoms with van der Waals surface area (Å²) < 4.78 is 37.3. The first kappa shape index (κ1) is 15.3. The number of rotatable bonds is 4. The van der Waals surface area contributed by atoms with Gasteiger partial charge in [-0.3, -0.25) is 0 Å². The van der Waals surface area contributed by atoms with Crippen molar-refractivity contribution in [1.29, 1.82) is 0 Å². The van der Waals surface area contributed by atoms with Gasteiger partial charge in [0.15, 0.2) is 0 Å². The summed E-state index contributed by atoms with van der Waals surface area (Å²) in [5.41, 5.74) is 0.308. The highest BCUT2D eigenvalue weighted by Gasteiger charge is 2.29. The second-order valence-corrected chi connectivity index (χ2v) is 5.57. The number of hydrogen-bond donors (Lipinski definition) is 1. The Morgan fingerprint density at radius 2 is 1.75 bits per heavy atom. The Bertz CT molecular complexity index is 406. The molecule has 2 rings (SSSR count). The molecular formula is C15H21F3N2. The van der Waals surface area contributed by atoms with Crippen molar-refractivity contribution in [3.63, 3.8) is 0 Å². The highest BCUT2D eigenvalue weighted by molar-refractivity contribution is 5.24. The zero-order valence-electron chi connectivity index (χ0n) is 11.7. The van der Waals surface area contributed by atoms with Crippen LogP contribution in [-0.4, -0.2) is 31.6 Å². The third-order valence-corrected chi connectivity index (χ3v) is 3.88. The maximum absolute atomic E-state index is 12.4.